The Bertz CT molecular complexity index is 986. The second-order valence-corrected chi connectivity index (χ2v) is 6.83. The molecule has 6 nitrogen and oxygen atoms in total. The van der Waals surface area contributed by atoms with Crippen LogP contribution in [0.25, 0.3) is 11.3 Å². The highest BCUT2D eigenvalue weighted by atomic mass is 32.2. The van der Waals surface area contributed by atoms with Crippen molar-refractivity contribution in [1.82, 2.24) is 9.97 Å². The molecule has 0 fully saturated rings. The third-order valence-corrected chi connectivity index (χ3v) is 4.86. The lowest BCUT2D eigenvalue weighted by Crippen LogP contribution is -2.13. The van der Waals surface area contributed by atoms with Crippen LogP contribution in [0.15, 0.2) is 65.8 Å². The van der Waals surface area contributed by atoms with Crippen LogP contribution in [-0.4, -0.2) is 28.7 Å². The molecule has 2 aromatic heterocycles. The number of hydrogen-bond donors (Lipinski definition) is 1. The summed E-state index contributed by atoms with van der Waals surface area (Å²) in [5.74, 6) is 1.67. The first kappa shape index (κ1) is 19.4. The minimum atomic E-state index is -0.129. The quantitative estimate of drug-likeness (QED) is 0.610. The van der Waals surface area contributed by atoms with Gasteiger partial charge in [-0.1, -0.05) is 6.07 Å². The van der Waals surface area contributed by atoms with Gasteiger partial charge in [0.15, 0.2) is 0 Å². The number of carbonyl (C=O) groups is 1. The van der Waals surface area contributed by atoms with Crippen LogP contribution in [0, 0.1) is 11.3 Å². The van der Waals surface area contributed by atoms with E-state index in [-0.39, 0.29) is 5.91 Å². The van der Waals surface area contributed by atoms with E-state index in [2.05, 4.69) is 21.4 Å². The number of benzene rings is 1. The number of anilines is 1. The van der Waals surface area contributed by atoms with E-state index in [9.17, 15) is 10.1 Å². The van der Waals surface area contributed by atoms with E-state index in [4.69, 9.17) is 4.74 Å². The number of thioether (sulfide) groups is 1. The molecule has 1 N–H and O–H groups in total. The highest BCUT2D eigenvalue weighted by Gasteiger charge is 2.10. The van der Waals surface area contributed by atoms with Gasteiger partial charge < -0.3 is 10.1 Å². The Balaban J connectivity index is 1.65. The summed E-state index contributed by atoms with van der Waals surface area (Å²) in [6.07, 6.45) is 1.92. The van der Waals surface area contributed by atoms with E-state index in [1.54, 1.807) is 31.5 Å². The van der Waals surface area contributed by atoms with Crippen LogP contribution in [0.5, 0.6) is 5.75 Å². The smallest absolute Gasteiger partial charge is 0.226 e. The molecular formula is C21H18N4O2S. The maximum absolute atomic E-state index is 12.0. The number of pyridine rings is 2. The third-order valence-electron chi connectivity index (χ3n) is 3.87. The Hall–Kier alpha value is -3.37. The van der Waals surface area contributed by atoms with Crippen LogP contribution in [-0.2, 0) is 4.79 Å². The number of hydrogen-bond acceptors (Lipinski definition) is 6. The van der Waals surface area contributed by atoms with Crippen molar-refractivity contribution in [1.29, 1.82) is 5.26 Å². The molecule has 0 saturated heterocycles. The molecule has 0 spiro atoms. The van der Waals surface area contributed by atoms with Crippen molar-refractivity contribution in [2.75, 3.05) is 18.2 Å². The zero-order valence-electron chi connectivity index (χ0n) is 15.3. The topological polar surface area (TPSA) is 87.9 Å². The summed E-state index contributed by atoms with van der Waals surface area (Å²) in [6.45, 7) is 0. The largest absolute Gasteiger partial charge is 0.497 e. The molecule has 0 aliphatic carbocycles. The monoisotopic (exact) mass is 390 g/mol. The van der Waals surface area contributed by atoms with Gasteiger partial charge in [-0.25, -0.2) is 9.97 Å². The summed E-state index contributed by atoms with van der Waals surface area (Å²) >= 11 is 1.39. The van der Waals surface area contributed by atoms with Crippen LogP contribution < -0.4 is 10.1 Å². The molecular weight excluding hydrogens is 372 g/mol. The molecule has 0 radical (unpaired) electrons. The van der Waals surface area contributed by atoms with Crippen LogP contribution in [0.2, 0.25) is 0 Å². The summed E-state index contributed by atoms with van der Waals surface area (Å²) in [7, 11) is 1.62. The molecule has 0 aliphatic rings. The lowest BCUT2D eigenvalue weighted by atomic mass is 10.1. The number of amides is 1. The average Bonchev–Trinajstić information content (AvgIpc) is 2.74. The molecule has 3 aromatic rings. The molecule has 0 bridgehead atoms. The number of rotatable bonds is 7. The number of nitriles is 1. The van der Waals surface area contributed by atoms with Crippen molar-refractivity contribution >= 4 is 23.5 Å². The number of nitrogens with zero attached hydrogens (tertiary/aromatic N) is 3. The molecule has 0 aliphatic heterocycles. The summed E-state index contributed by atoms with van der Waals surface area (Å²) < 4.78 is 5.17. The van der Waals surface area contributed by atoms with E-state index < -0.39 is 0 Å². The van der Waals surface area contributed by atoms with E-state index in [1.165, 1.54) is 11.8 Å². The minimum Gasteiger partial charge on any atom is -0.497 e. The van der Waals surface area contributed by atoms with Crippen molar-refractivity contribution in [2.24, 2.45) is 0 Å². The van der Waals surface area contributed by atoms with Crippen LogP contribution >= 0.6 is 11.8 Å². The lowest BCUT2D eigenvalue weighted by molar-refractivity contribution is -0.115. The predicted octanol–water partition coefficient (Wildman–Crippen LogP) is 4.14. The van der Waals surface area contributed by atoms with Crippen molar-refractivity contribution in [3.63, 3.8) is 0 Å². The summed E-state index contributed by atoms with van der Waals surface area (Å²) in [5, 5.41) is 12.7. The molecule has 1 aromatic carbocycles. The molecule has 28 heavy (non-hydrogen) atoms. The Morgan fingerprint density at radius 1 is 1.18 bits per heavy atom. The molecule has 140 valence electrons. The van der Waals surface area contributed by atoms with Crippen molar-refractivity contribution in [3.05, 3.63) is 66.4 Å². The second-order valence-electron chi connectivity index (χ2n) is 5.75. The number of ether oxygens (including phenoxy) is 1. The first-order valence-corrected chi connectivity index (χ1v) is 9.57. The molecule has 0 atom stereocenters. The summed E-state index contributed by atoms with van der Waals surface area (Å²) in [4.78, 5) is 20.7. The number of aromatic nitrogens is 2. The molecule has 7 heteroatoms. The Kier molecular flexibility index (Phi) is 6.60. The van der Waals surface area contributed by atoms with E-state index in [0.717, 1.165) is 17.0 Å². The zero-order chi connectivity index (χ0) is 19.8. The highest BCUT2D eigenvalue weighted by molar-refractivity contribution is 7.99. The van der Waals surface area contributed by atoms with Gasteiger partial charge in [-0.2, -0.15) is 5.26 Å². The molecule has 1 amide bonds. The maximum Gasteiger partial charge on any atom is 0.226 e. The Morgan fingerprint density at radius 3 is 2.68 bits per heavy atom. The highest BCUT2D eigenvalue weighted by Crippen LogP contribution is 2.27. The van der Waals surface area contributed by atoms with Gasteiger partial charge in [0.25, 0.3) is 0 Å². The Labute approximate surface area is 167 Å². The minimum absolute atomic E-state index is 0.129. The molecule has 3 rings (SSSR count). The maximum atomic E-state index is 12.0. The molecule has 2 heterocycles. The van der Waals surface area contributed by atoms with Gasteiger partial charge in [-0.3, -0.25) is 4.79 Å². The molecule has 0 unspecified atom stereocenters. The van der Waals surface area contributed by atoms with Crippen LogP contribution in [0.4, 0.5) is 5.82 Å². The zero-order valence-corrected chi connectivity index (χ0v) is 16.1. The first-order chi connectivity index (χ1) is 13.7. The number of methoxy groups -OCH3 is 1. The van der Waals surface area contributed by atoms with Crippen LogP contribution in [0.1, 0.15) is 12.0 Å². The van der Waals surface area contributed by atoms with Crippen LogP contribution in [0.3, 0.4) is 0 Å². The van der Waals surface area contributed by atoms with Gasteiger partial charge in [0.1, 0.15) is 22.7 Å². The standard InChI is InChI=1S/C21H18N4O2S/c1-27-17-8-5-15(6-9-17)18-10-7-16(14-22)21(24-18)28-13-11-20(26)25-19-4-2-3-12-23-19/h2-10,12H,11,13H2,1H3,(H,23,25,26). The van der Waals surface area contributed by atoms with E-state index in [0.29, 0.717) is 28.6 Å². The van der Waals surface area contributed by atoms with Gasteiger partial charge in [-0.15, -0.1) is 11.8 Å². The Morgan fingerprint density at radius 2 is 2.00 bits per heavy atom. The summed E-state index contributed by atoms with van der Waals surface area (Å²) in [5.41, 5.74) is 2.19. The summed E-state index contributed by atoms with van der Waals surface area (Å²) in [6, 6.07) is 18.6. The SMILES string of the molecule is COc1ccc(-c2ccc(C#N)c(SCCC(=O)Nc3ccccn3)n2)cc1. The fourth-order valence-electron chi connectivity index (χ4n) is 2.44. The van der Waals surface area contributed by atoms with Gasteiger partial charge in [0.2, 0.25) is 5.91 Å². The fourth-order valence-corrected chi connectivity index (χ4v) is 3.35. The first-order valence-electron chi connectivity index (χ1n) is 8.59. The van der Waals surface area contributed by atoms with Gasteiger partial charge in [0.05, 0.1) is 18.4 Å². The fraction of sp³-hybridized carbons (Fsp3) is 0.143. The van der Waals surface area contributed by atoms with Crippen molar-refractivity contribution < 1.29 is 9.53 Å². The average molecular weight is 390 g/mol. The van der Waals surface area contributed by atoms with Crippen molar-refractivity contribution in [3.8, 4) is 23.1 Å². The third kappa shape index (κ3) is 5.09. The van der Waals surface area contributed by atoms with Gasteiger partial charge in [-0.05, 0) is 48.5 Å². The number of nitrogens with one attached hydrogen (secondary N) is 1. The lowest BCUT2D eigenvalue weighted by Gasteiger charge is -2.08. The molecule has 0 saturated carbocycles. The number of carbonyl (C=O) groups excluding carboxylic acids is 1. The van der Waals surface area contributed by atoms with E-state index in [1.807, 2.05) is 36.4 Å². The predicted molar refractivity (Wildman–Crippen MR) is 109 cm³/mol. The van der Waals surface area contributed by atoms with Gasteiger partial charge in [0, 0.05) is 23.9 Å². The van der Waals surface area contributed by atoms with Crippen molar-refractivity contribution in [2.45, 2.75) is 11.4 Å². The second kappa shape index (κ2) is 9.53. The van der Waals surface area contributed by atoms with Gasteiger partial charge >= 0.3 is 0 Å². The normalized spacial score (nSPS) is 10.1. The van der Waals surface area contributed by atoms with E-state index >= 15 is 0 Å².